The first-order valence-electron chi connectivity index (χ1n) is 5.53. The number of nitrogens with two attached hydrogens (primary N) is 1. The number of primary amides is 1. The number of hydrogen-bond acceptors (Lipinski definition) is 4. The zero-order chi connectivity index (χ0) is 15.6. The van der Waals surface area contributed by atoms with Crippen molar-refractivity contribution in [2.45, 2.75) is 4.90 Å². The molecule has 6 nitrogen and oxygen atoms in total. The van der Waals surface area contributed by atoms with Crippen LogP contribution >= 0.6 is 23.2 Å². The molecule has 0 fully saturated rings. The smallest absolute Gasteiger partial charge is 0.262 e. The van der Waals surface area contributed by atoms with Crippen LogP contribution in [0.1, 0.15) is 10.4 Å². The van der Waals surface area contributed by atoms with Gasteiger partial charge in [-0.05, 0) is 30.3 Å². The fourth-order valence-electron chi connectivity index (χ4n) is 1.54. The summed E-state index contributed by atoms with van der Waals surface area (Å²) in [7, 11) is -3.83. The van der Waals surface area contributed by atoms with Gasteiger partial charge in [0, 0.05) is 6.20 Å². The van der Waals surface area contributed by atoms with Crippen molar-refractivity contribution in [2.24, 2.45) is 5.73 Å². The Morgan fingerprint density at radius 3 is 2.48 bits per heavy atom. The summed E-state index contributed by atoms with van der Waals surface area (Å²) in [5.74, 6) is -0.699. The molecule has 0 bridgehead atoms. The monoisotopic (exact) mass is 345 g/mol. The van der Waals surface area contributed by atoms with E-state index in [9.17, 15) is 13.2 Å². The molecular weight excluding hydrogens is 337 g/mol. The maximum atomic E-state index is 12.2. The normalized spacial score (nSPS) is 11.1. The number of anilines is 1. The first kappa shape index (κ1) is 15.6. The van der Waals surface area contributed by atoms with Gasteiger partial charge in [-0.1, -0.05) is 23.2 Å². The third kappa shape index (κ3) is 3.63. The maximum Gasteiger partial charge on any atom is 0.262 e. The molecule has 1 heterocycles. The fourth-order valence-corrected chi connectivity index (χ4v) is 3.12. The van der Waals surface area contributed by atoms with Crippen LogP contribution in [0.3, 0.4) is 0 Å². The van der Waals surface area contributed by atoms with Crippen LogP contribution in [0.25, 0.3) is 0 Å². The van der Waals surface area contributed by atoms with E-state index in [2.05, 4.69) is 9.71 Å². The van der Waals surface area contributed by atoms with Crippen LogP contribution in [0.4, 0.5) is 5.69 Å². The minimum Gasteiger partial charge on any atom is -0.366 e. The molecule has 0 saturated carbocycles. The van der Waals surface area contributed by atoms with Crippen LogP contribution in [0, 0.1) is 0 Å². The van der Waals surface area contributed by atoms with Crippen molar-refractivity contribution < 1.29 is 13.2 Å². The predicted molar refractivity (Wildman–Crippen MR) is 80.0 cm³/mol. The van der Waals surface area contributed by atoms with Gasteiger partial charge in [0.2, 0.25) is 5.91 Å². The number of carbonyl (C=O) groups is 1. The molecule has 1 aromatic carbocycles. The average Bonchev–Trinajstić information content (AvgIpc) is 2.37. The summed E-state index contributed by atoms with van der Waals surface area (Å²) in [4.78, 5) is 14.7. The molecule has 2 rings (SSSR count). The Hall–Kier alpha value is -1.83. The molecule has 0 saturated heterocycles. The summed E-state index contributed by atoms with van der Waals surface area (Å²) in [6.07, 6.45) is 1.28. The van der Waals surface area contributed by atoms with Gasteiger partial charge >= 0.3 is 0 Å². The number of benzene rings is 1. The largest absolute Gasteiger partial charge is 0.366 e. The highest BCUT2D eigenvalue weighted by atomic mass is 35.5. The first-order valence-corrected chi connectivity index (χ1v) is 7.77. The molecule has 0 aliphatic carbocycles. The Kier molecular flexibility index (Phi) is 4.36. The summed E-state index contributed by atoms with van der Waals surface area (Å²) < 4.78 is 26.6. The number of sulfonamides is 1. The van der Waals surface area contributed by atoms with Crippen molar-refractivity contribution in [1.82, 2.24) is 4.98 Å². The van der Waals surface area contributed by atoms with E-state index in [4.69, 9.17) is 28.9 Å². The van der Waals surface area contributed by atoms with Gasteiger partial charge in [-0.25, -0.2) is 13.4 Å². The molecule has 1 aromatic heterocycles. The number of amides is 1. The zero-order valence-electron chi connectivity index (χ0n) is 10.4. The standard InChI is InChI=1S/C12H9Cl2N3O3S/c13-10-5-7(1-2-9(10)12(15)18)17-21(19,20)8-3-4-16-11(14)6-8/h1-6,17H,(H2,15,18). The minimum atomic E-state index is -3.83. The van der Waals surface area contributed by atoms with Crippen LogP contribution in [0.5, 0.6) is 0 Å². The summed E-state index contributed by atoms with van der Waals surface area (Å²) in [5, 5.41) is 0.107. The van der Waals surface area contributed by atoms with Gasteiger partial charge in [0.15, 0.2) is 0 Å². The van der Waals surface area contributed by atoms with Crippen molar-refractivity contribution in [3.8, 4) is 0 Å². The Labute approximate surface area is 130 Å². The number of nitrogens with zero attached hydrogens (tertiary/aromatic N) is 1. The molecule has 3 N–H and O–H groups in total. The number of hydrogen-bond donors (Lipinski definition) is 2. The summed E-state index contributed by atoms with van der Waals surface area (Å²) >= 11 is 11.5. The Morgan fingerprint density at radius 2 is 1.90 bits per heavy atom. The lowest BCUT2D eigenvalue weighted by Gasteiger charge is -2.09. The van der Waals surface area contributed by atoms with Crippen molar-refractivity contribution in [3.05, 3.63) is 52.3 Å². The highest BCUT2D eigenvalue weighted by Gasteiger charge is 2.16. The molecule has 0 radical (unpaired) electrons. The van der Waals surface area contributed by atoms with E-state index >= 15 is 0 Å². The second-order valence-corrected chi connectivity index (χ2v) is 6.46. The summed E-state index contributed by atoms with van der Waals surface area (Å²) in [6, 6.07) is 6.52. The van der Waals surface area contributed by atoms with Crippen molar-refractivity contribution in [2.75, 3.05) is 4.72 Å². The van der Waals surface area contributed by atoms with Gasteiger partial charge < -0.3 is 5.73 Å². The number of nitrogens with one attached hydrogen (secondary N) is 1. The molecule has 0 aliphatic rings. The summed E-state index contributed by atoms with van der Waals surface area (Å²) in [6.45, 7) is 0. The number of halogens is 2. The van der Waals surface area contributed by atoms with Gasteiger partial charge in [0.1, 0.15) is 5.15 Å². The molecule has 21 heavy (non-hydrogen) atoms. The lowest BCUT2D eigenvalue weighted by molar-refractivity contribution is 0.100. The highest BCUT2D eigenvalue weighted by Crippen LogP contribution is 2.23. The van der Waals surface area contributed by atoms with Gasteiger partial charge in [0.25, 0.3) is 10.0 Å². The molecule has 0 atom stereocenters. The Morgan fingerprint density at radius 1 is 1.19 bits per heavy atom. The molecule has 0 aliphatic heterocycles. The lowest BCUT2D eigenvalue weighted by Crippen LogP contribution is -2.14. The van der Waals surface area contributed by atoms with Gasteiger partial charge in [0.05, 0.1) is 21.2 Å². The number of rotatable bonds is 4. The van der Waals surface area contributed by atoms with Crippen molar-refractivity contribution in [3.63, 3.8) is 0 Å². The molecule has 0 spiro atoms. The number of carbonyl (C=O) groups excluding carboxylic acids is 1. The number of aromatic nitrogens is 1. The van der Waals surface area contributed by atoms with Crippen molar-refractivity contribution in [1.29, 1.82) is 0 Å². The predicted octanol–water partition coefficient (Wildman–Crippen LogP) is 2.29. The third-order valence-electron chi connectivity index (χ3n) is 2.50. The van der Waals surface area contributed by atoms with E-state index in [1.807, 2.05) is 0 Å². The van der Waals surface area contributed by atoms with E-state index in [1.54, 1.807) is 0 Å². The van der Waals surface area contributed by atoms with Gasteiger partial charge in [-0.15, -0.1) is 0 Å². The molecule has 0 unspecified atom stereocenters. The molecule has 110 valence electrons. The third-order valence-corrected chi connectivity index (χ3v) is 4.39. The van der Waals surface area contributed by atoms with Crippen LogP contribution in [-0.2, 0) is 10.0 Å². The zero-order valence-corrected chi connectivity index (χ0v) is 12.7. The fraction of sp³-hybridized carbons (Fsp3) is 0. The van der Waals surface area contributed by atoms with Crippen molar-refractivity contribution >= 4 is 44.8 Å². The van der Waals surface area contributed by atoms with Crippen LogP contribution in [0.2, 0.25) is 10.2 Å². The second-order valence-electron chi connectivity index (χ2n) is 3.98. The topological polar surface area (TPSA) is 102 Å². The van der Waals surface area contributed by atoms with E-state index in [1.165, 1.54) is 36.5 Å². The first-order chi connectivity index (χ1) is 9.79. The van der Waals surface area contributed by atoms with E-state index in [0.29, 0.717) is 0 Å². The van der Waals surface area contributed by atoms with Gasteiger partial charge in [-0.2, -0.15) is 0 Å². The van der Waals surface area contributed by atoms with Crippen LogP contribution < -0.4 is 10.5 Å². The molecule has 9 heteroatoms. The average molecular weight is 346 g/mol. The highest BCUT2D eigenvalue weighted by molar-refractivity contribution is 7.92. The summed E-state index contributed by atoms with van der Waals surface area (Å²) in [5.41, 5.74) is 5.41. The molecule has 1 amide bonds. The van der Waals surface area contributed by atoms with Gasteiger partial charge in [-0.3, -0.25) is 9.52 Å². The van der Waals surface area contributed by atoms with Crippen LogP contribution in [-0.4, -0.2) is 19.3 Å². The van der Waals surface area contributed by atoms with E-state index in [-0.39, 0.29) is 26.3 Å². The maximum absolute atomic E-state index is 12.2. The molecular formula is C12H9Cl2N3O3S. The Balaban J connectivity index is 2.33. The second kappa shape index (κ2) is 5.88. The number of pyridine rings is 1. The molecule has 2 aromatic rings. The van der Waals surface area contributed by atoms with Crippen LogP contribution in [0.15, 0.2) is 41.4 Å². The quantitative estimate of drug-likeness (QED) is 0.829. The Bertz CT molecular complexity index is 809. The van der Waals surface area contributed by atoms with E-state index < -0.39 is 15.9 Å². The van der Waals surface area contributed by atoms with E-state index in [0.717, 1.165) is 0 Å². The SMILES string of the molecule is NC(=O)c1ccc(NS(=O)(=O)c2ccnc(Cl)c2)cc1Cl. The minimum absolute atomic E-state index is 0.0439. The lowest BCUT2D eigenvalue weighted by atomic mass is 10.2.